The van der Waals surface area contributed by atoms with Gasteiger partial charge in [0.1, 0.15) is 5.82 Å². The molecule has 2 aromatic heterocycles. The summed E-state index contributed by atoms with van der Waals surface area (Å²) in [7, 11) is -1.80. The third-order valence-electron chi connectivity index (χ3n) is 4.70. The standard InChI is InChI=1S/C21H22N6O2S/c1-14-12-15(2)24-21(23-14)26-30(28,29)17-10-8-16(9-11-17)22-13-20-25-18-6-4-5-7-19(18)27(20)3/h4-12,22H,13H2,1-3H3,(H,23,24,26). The highest BCUT2D eigenvalue weighted by atomic mass is 32.2. The monoisotopic (exact) mass is 422 g/mol. The topological polar surface area (TPSA) is 102 Å². The number of hydrogen-bond donors (Lipinski definition) is 2. The molecule has 2 N–H and O–H groups in total. The molecule has 0 bridgehead atoms. The maximum atomic E-state index is 12.6. The van der Waals surface area contributed by atoms with E-state index in [1.54, 1.807) is 44.2 Å². The van der Waals surface area contributed by atoms with Gasteiger partial charge in [-0.25, -0.2) is 28.1 Å². The summed E-state index contributed by atoms with van der Waals surface area (Å²) in [5, 5.41) is 3.28. The molecule has 9 heteroatoms. The largest absolute Gasteiger partial charge is 0.378 e. The van der Waals surface area contributed by atoms with Gasteiger partial charge in [-0.05, 0) is 56.3 Å². The molecular formula is C21H22N6O2S. The third kappa shape index (κ3) is 4.11. The van der Waals surface area contributed by atoms with Gasteiger partial charge in [0.2, 0.25) is 5.95 Å². The summed E-state index contributed by atoms with van der Waals surface area (Å²) in [6.45, 7) is 4.10. The molecule has 4 rings (SSSR count). The first-order valence-electron chi connectivity index (χ1n) is 9.41. The minimum Gasteiger partial charge on any atom is -0.378 e. The number of imidazole rings is 1. The van der Waals surface area contributed by atoms with E-state index in [-0.39, 0.29) is 10.8 Å². The zero-order valence-electron chi connectivity index (χ0n) is 16.9. The first-order chi connectivity index (χ1) is 14.3. The van der Waals surface area contributed by atoms with E-state index in [1.807, 2.05) is 35.9 Å². The second kappa shape index (κ2) is 7.75. The van der Waals surface area contributed by atoms with Crippen LogP contribution in [0.25, 0.3) is 11.0 Å². The van der Waals surface area contributed by atoms with E-state index in [0.29, 0.717) is 17.9 Å². The number of aryl methyl sites for hydroxylation is 3. The van der Waals surface area contributed by atoms with Gasteiger partial charge in [0.05, 0.1) is 22.5 Å². The molecule has 4 aromatic rings. The van der Waals surface area contributed by atoms with Crippen LogP contribution < -0.4 is 10.0 Å². The zero-order chi connectivity index (χ0) is 21.3. The Kier molecular flexibility index (Phi) is 5.13. The number of nitrogens with one attached hydrogen (secondary N) is 2. The van der Waals surface area contributed by atoms with E-state index in [9.17, 15) is 8.42 Å². The Labute approximate surface area is 175 Å². The summed E-state index contributed by atoms with van der Waals surface area (Å²) in [6.07, 6.45) is 0. The number of nitrogens with zero attached hydrogens (tertiary/aromatic N) is 4. The van der Waals surface area contributed by atoms with Crippen LogP contribution in [0.1, 0.15) is 17.2 Å². The van der Waals surface area contributed by atoms with Gasteiger partial charge in [-0.3, -0.25) is 0 Å². The molecule has 2 heterocycles. The Morgan fingerprint density at radius 3 is 2.27 bits per heavy atom. The summed E-state index contributed by atoms with van der Waals surface area (Å²) in [6, 6.07) is 16.3. The summed E-state index contributed by atoms with van der Waals surface area (Å²) in [5.74, 6) is 0.957. The Balaban J connectivity index is 1.47. The Morgan fingerprint density at radius 2 is 1.60 bits per heavy atom. The van der Waals surface area contributed by atoms with Crippen LogP contribution in [0.5, 0.6) is 0 Å². The molecule has 0 aliphatic rings. The lowest BCUT2D eigenvalue weighted by molar-refractivity contribution is 0.601. The van der Waals surface area contributed by atoms with Crippen LogP contribution in [0.4, 0.5) is 11.6 Å². The fourth-order valence-corrected chi connectivity index (χ4v) is 4.18. The second-order valence-corrected chi connectivity index (χ2v) is 8.72. The Bertz CT molecular complexity index is 1290. The van der Waals surface area contributed by atoms with Crippen molar-refractivity contribution in [1.29, 1.82) is 0 Å². The quantitative estimate of drug-likeness (QED) is 0.494. The molecule has 0 atom stereocenters. The molecule has 154 valence electrons. The van der Waals surface area contributed by atoms with Gasteiger partial charge in [0.15, 0.2) is 0 Å². The van der Waals surface area contributed by atoms with Crippen molar-refractivity contribution in [2.75, 3.05) is 10.0 Å². The first kappa shape index (κ1) is 19.8. The molecule has 0 saturated carbocycles. The number of para-hydroxylation sites is 2. The van der Waals surface area contributed by atoms with Crippen LogP contribution in [-0.4, -0.2) is 27.9 Å². The van der Waals surface area contributed by atoms with Gasteiger partial charge in [-0.1, -0.05) is 12.1 Å². The lowest BCUT2D eigenvalue weighted by Gasteiger charge is -2.10. The highest BCUT2D eigenvalue weighted by Gasteiger charge is 2.16. The van der Waals surface area contributed by atoms with Gasteiger partial charge in [-0.15, -0.1) is 0 Å². The molecule has 0 fully saturated rings. The Morgan fingerprint density at radius 1 is 0.933 bits per heavy atom. The number of anilines is 2. The van der Waals surface area contributed by atoms with Crippen LogP contribution in [0.2, 0.25) is 0 Å². The van der Waals surface area contributed by atoms with E-state index in [2.05, 4.69) is 25.0 Å². The van der Waals surface area contributed by atoms with Crippen molar-refractivity contribution in [3.05, 3.63) is 71.8 Å². The van der Waals surface area contributed by atoms with Crippen molar-refractivity contribution in [3.63, 3.8) is 0 Å². The molecule has 0 aliphatic carbocycles. The average molecular weight is 423 g/mol. The number of benzene rings is 2. The molecule has 0 unspecified atom stereocenters. The summed E-state index contributed by atoms with van der Waals surface area (Å²) in [4.78, 5) is 13.0. The smallest absolute Gasteiger partial charge is 0.264 e. The van der Waals surface area contributed by atoms with E-state index < -0.39 is 10.0 Å². The van der Waals surface area contributed by atoms with Crippen LogP contribution in [-0.2, 0) is 23.6 Å². The summed E-state index contributed by atoms with van der Waals surface area (Å²) < 4.78 is 29.7. The highest BCUT2D eigenvalue weighted by Crippen LogP contribution is 2.19. The normalized spacial score (nSPS) is 11.6. The molecule has 2 aromatic carbocycles. The second-order valence-electron chi connectivity index (χ2n) is 7.03. The minimum absolute atomic E-state index is 0.0662. The van der Waals surface area contributed by atoms with Gasteiger partial charge in [0, 0.05) is 24.1 Å². The first-order valence-corrected chi connectivity index (χ1v) is 10.9. The van der Waals surface area contributed by atoms with Gasteiger partial charge < -0.3 is 9.88 Å². The molecule has 30 heavy (non-hydrogen) atoms. The predicted molar refractivity (Wildman–Crippen MR) is 117 cm³/mol. The zero-order valence-corrected chi connectivity index (χ0v) is 17.7. The fraction of sp³-hybridized carbons (Fsp3) is 0.190. The SMILES string of the molecule is Cc1cc(C)nc(NS(=O)(=O)c2ccc(NCc3nc4ccccc4n3C)cc2)n1. The van der Waals surface area contributed by atoms with Crippen LogP contribution in [0.3, 0.4) is 0 Å². The number of hydrogen-bond acceptors (Lipinski definition) is 6. The third-order valence-corrected chi connectivity index (χ3v) is 6.05. The summed E-state index contributed by atoms with van der Waals surface area (Å²) in [5.41, 5.74) is 4.19. The lowest BCUT2D eigenvalue weighted by Crippen LogP contribution is -2.15. The average Bonchev–Trinajstić information content (AvgIpc) is 3.01. The lowest BCUT2D eigenvalue weighted by atomic mass is 10.3. The summed E-state index contributed by atoms with van der Waals surface area (Å²) >= 11 is 0. The minimum atomic E-state index is -3.77. The highest BCUT2D eigenvalue weighted by molar-refractivity contribution is 7.92. The molecule has 0 saturated heterocycles. The van der Waals surface area contributed by atoms with Crippen molar-refractivity contribution in [1.82, 2.24) is 19.5 Å². The molecule has 0 radical (unpaired) electrons. The number of aromatic nitrogens is 4. The van der Waals surface area contributed by atoms with Crippen LogP contribution >= 0.6 is 0 Å². The van der Waals surface area contributed by atoms with Crippen molar-refractivity contribution in [2.45, 2.75) is 25.3 Å². The number of fused-ring (bicyclic) bond motifs is 1. The van der Waals surface area contributed by atoms with Gasteiger partial charge >= 0.3 is 0 Å². The van der Waals surface area contributed by atoms with E-state index in [1.165, 1.54) is 0 Å². The Hall–Kier alpha value is -3.46. The van der Waals surface area contributed by atoms with Gasteiger partial charge in [-0.2, -0.15) is 0 Å². The molecule has 0 amide bonds. The molecule has 8 nitrogen and oxygen atoms in total. The molecule has 0 spiro atoms. The maximum absolute atomic E-state index is 12.6. The molecular weight excluding hydrogens is 400 g/mol. The number of rotatable bonds is 6. The fourth-order valence-electron chi connectivity index (χ4n) is 3.24. The van der Waals surface area contributed by atoms with Crippen molar-refractivity contribution >= 4 is 32.7 Å². The van der Waals surface area contributed by atoms with Crippen LogP contribution in [0.15, 0.2) is 59.5 Å². The van der Waals surface area contributed by atoms with Gasteiger partial charge in [0.25, 0.3) is 10.0 Å². The van der Waals surface area contributed by atoms with E-state index >= 15 is 0 Å². The van der Waals surface area contributed by atoms with Crippen molar-refractivity contribution in [3.8, 4) is 0 Å². The van der Waals surface area contributed by atoms with E-state index in [0.717, 1.165) is 22.5 Å². The molecule has 0 aliphatic heterocycles. The van der Waals surface area contributed by atoms with E-state index in [4.69, 9.17) is 0 Å². The maximum Gasteiger partial charge on any atom is 0.264 e. The van der Waals surface area contributed by atoms with Crippen LogP contribution in [0, 0.1) is 13.8 Å². The predicted octanol–water partition coefficient (Wildman–Crippen LogP) is 3.39. The number of sulfonamides is 1. The van der Waals surface area contributed by atoms with Crippen molar-refractivity contribution in [2.24, 2.45) is 7.05 Å². The van der Waals surface area contributed by atoms with Crippen molar-refractivity contribution < 1.29 is 8.42 Å².